The van der Waals surface area contributed by atoms with Gasteiger partial charge in [0.15, 0.2) is 0 Å². The van der Waals surface area contributed by atoms with E-state index in [2.05, 4.69) is 5.32 Å². The Balaban J connectivity index is 2.05. The van der Waals surface area contributed by atoms with Crippen LogP contribution in [0, 0.1) is 5.82 Å². The number of methoxy groups -OCH3 is 1. The predicted octanol–water partition coefficient (Wildman–Crippen LogP) is 4.35. The molecular formula is C18H14ClFN2O3. The topological polar surface area (TPSA) is 60.3 Å². The summed E-state index contributed by atoms with van der Waals surface area (Å²) in [5, 5.41) is 3.13. The van der Waals surface area contributed by atoms with Gasteiger partial charge in [-0.2, -0.15) is 0 Å². The van der Waals surface area contributed by atoms with Gasteiger partial charge in [0.2, 0.25) is 5.91 Å². The summed E-state index contributed by atoms with van der Waals surface area (Å²) >= 11 is 5.73. The molecule has 0 aliphatic heterocycles. The first kappa shape index (κ1) is 17.0. The molecule has 0 aliphatic rings. The Morgan fingerprint density at radius 1 is 1.20 bits per heavy atom. The number of nitrogens with zero attached hydrogens (tertiary/aromatic N) is 1. The Bertz CT molecular complexity index is 997. The molecule has 1 aromatic heterocycles. The minimum Gasteiger partial charge on any atom is -0.497 e. The van der Waals surface area contributed by atoms with E-state index in [0.717, 1.165) is 0 Å². The predicted molar refractivity (Wildman–Crippen MR) is 94.2 cm³/mol. The third-order valence-corrected chi connectivity index (χ3v) is 4.06. The molecule has 0 fully saturated rings. The van der Waals surface area contributed by atoms with Crippen molar-refractivity contribution in [2.45, 2.75) is 6.92 Å². The third kappa shape index (κ3) is 3.21. The molecule has 3 rings (SSSR count). The fourth-order valence-electron chi connectivity index (χ4n) is 2.55. The Morgan fingerprint density at radius 2 is 1.96 bits per heavy atom. The van der Waals surface area contributed by atoms with Crippen LogP contribution in [0.5, 0.6) is 5.75 Å². The highest BCUT2D eigenvalue weighted by Crippen LogP contribution is 2.27. The molecule has 0 unspecified atom stereocenters. The van der Waals surface area contributed by atoms with Crippen molar-refractivity contribution in [1.29, 1.82) is 0 Å². The summed E-state index contributed by atoms with van der Waals surface area (Å²) in [6, 6.07) is 8.99. The van der Waals surface area contributed by atoms with Gasteiger partial charge in [0, 0.05) is 24.2 Å². The molecule has 5 nitrogen and oxygen atoms in total. The van der Waals surface area contributed by atoms with Crippen LogP contribution in [0.25, 0.3) is 10.9 Å². The normalized spacial score (nSPS) is 10.7. The van der Waals surface area contributed by atoms with Crippen molar-refractivity contribution in [2.24, 2.45) is 0 Å². The van der Waals surface area contributed by atoms with Gasteiger partial charge in [-0.15, -0.1) is 0 Å². The Labute approximate surface area is 148 Å². The van der Waals surface area contributed by atoms with Crippen LogP contribution in [0.1, 0.15) is 22.1 Å². The van der Waals surface area contributed by atoms with Crippen molar-refractivity contribution < 1.29 is 18.7 Å². The van der Waals surface area contributed by atoms with E-state index < -0.39 is 11.7 Å². The lowest BCUT2D eigenvalue weighted by Gasteiger charge is -2.06. The highest BCUT2D eigenvalue weighted by molar-refractivity contribution is 6.31. The van der Waals surface area contributed by atoms with Crippen LogP contribution in [0.3, 0.4) is 0 Å². The third-order valence-electron chi connectivity index (χ3n) is 3.77. The van der Waals surface area contributed by atoms with Crippen molar-refractivity contribution in [3.05, 3.63) is 59.0 Å². The van der Waals surface area contributed by atoms with Crippen molar-refractivity contribution >= 4 is 40.0 Å². The molecule has 0 saturated heterocycles. The lowest BCUT2D eigenvalue weighted by molar-refractivity contribution is 0.0941. The van der Waals surface area contributed by atoms with Crippen molar-refractivity contribution in [3.8, 4) is 5.75 Å². The molecule has 25 heavy (non-hydrogen) atoms. The summed E-state index contributed by atoms with van der Waals surface area (Å²) in [6.45, 7) is 1.41. The molecule has 2 aromatic carbocycles. The lowest BCUT2D eigenvalue weighted by Crippen LogP contribution is -2.12. The minimum atomic E-state index is -0.572. The average Bonchev–Trinajstić information content (AvgIpc) is 2.97. The fourth-order valence-corrected chi connectivity index (χ4v) is 2.73. The van der Waals surface area contributed by atoms with Gasteiger partial charge < -0.3 is 10.1 Å². The zero-order valence-electron chi connectivity index (χ0n) is 13.5. The molecule has 0 atom stereocenters. The van der Waals surface area contributed by atoms with Gasteiger partial charge in [0.25, 0.3) is 5.91 Å². The van der Waals surface area contributed by atoms with E-state index in [1.54, 1.807) is 18.2 Å². The highest BCUT2D eigenvalue weighted by atomic mass is 35.5. The van der Waals surface area contributed by atoms with E-state index in [0.29, 0.717) is 27.9 Å². The van der Waals surface area contributed by atoms with Gasteiger partial charge in [0.1, 0.15) is 11.6 Å². The van der Waals surface area contributed by atoms with Crippen LogP contribution >= 0.6 is 11.6 Å². The minimum absolute atomic E-state index is 0.0920. The van der Waals surface area contributed by atoms with Gasteiger partial charge in [-0.25, -0.2) is 4.39 Å². The number of fused-ring (bicyclic) bond motifs is 1. The largest absolute Gasteiger partial charge is 0.497 e. The summed E-state index contributed by atoms with van der Waals surface area (Å²) in [5.41, 5.74) is 1.24. The van der Waals surface area contributed by atoms with E-state index >= 15 is 0 Å². The summed E-state index contributed by atoms with van der Waals surface area (Å²) in [5.74, 6) is -0.676. The summed E-state index contributed by atoms with van der Waals surface area (Å²) in [6.07, 6.45) is 1.47. The standard InChI is InChI=1S/C18H14ClFN2O3/c1-10(23)22-9-14(13-8-12(25-2)4-6-17(13)22)18(24)21-11-3-5-16(20)15(19)7-11/h3-9H,1-2H3,(H,21,24). The van der Waals surface area contributed by atoms with Gasteiger partial charge in [-0.3, -0.25) is 14.2 Å². The Hall–Kier alpha value is -2.86. The SMILES string of the molecule is COc1ccc2c(c1)c(C(=O)Nc1ccc(F)c(Cl)c1)cn2C(C)=O. The van der Waals surface area contributed by atoms with E-state index in [1.165, 1.54) is 43.0 Å². The molecule has 0 aliphatic carbocycles. The summed E-state index contributed by atoms with van der Waals surface area (Å²) in [7, 11) is 1.52. The smallest absolute Gasteiger partial charge is 0.257 e. The monoisotopic (exact) mass is 360 g/mol. The first-order chi connectivity index (χ1) is 11.9. The molecular weight excluding hydrogens is 347 g/mol. The van der Waals surface area contributed by atoms with Crippen LogP contribution in [-0.2, 0) is 0 Å². The number of hydrogen-bond acceptors (Lipinski definition) is 3. The van der Waals surface area contributed by atoms with Gasteiger partial charge in [-0.1, -0.05) is 11.6 Å². The van der Waals surface area contributed by atoms with E-state index in [1.807, 2.05) is 0 Å². The number of carbonyl (C=O) groups excluding carboxylic acids is 2. The second kappa shape index (κ2) is 6.57. The zero-order valence-corrected chi connectivity index (χ0v) is 14.2. The molecule has 0 saturated carbocycles. The Kier molecular flexibility index (Phi) is 4.46. The first-order valence-electron chi connectivity index (χ1n) is 7.37. The number of benzene rings is 2. The lowest BCUT2D eigenvalue weighted by atomic mass is 10.1. The first-order valence-corrected chi connectivity index (χ1v) is 7.75. The molecule has 128 valence electrons. The van der Waals surface area contributed by atoms with E-state index in [9.17, 15) is 14.0 Å². The number of hydrogen-bond donors (Lipinski definition) is 1. The maximum atomic E-state index is 13.2. The van der Waals surface area contributed by atoms with E-state index in [4.69, 9.17) is 16.3 Å². The second-order valence-electron chi connectivity index (χ2n) is 5.40. The average molecular weight is 361 g/mol. The van der Waals surface area contributed by atoms with Crippen LogP contribution in [0.4, 0.5) is 10.1 Å². The number of halogens is 2. The van der Waals surface area contributed by atoms with E-state index in [-0.39, 0.29) is 10.9 Å². The maximum absolute atomic E-state index is 13.2. The van der Waals surface area contributed by atoms with Crippen LogP contribution in [0.2, 0.25) is 5.02 Å². The van der Waals surface area contributed by atoms with Crippen LogP contribution < -0.4 is 10.1 Å². The maximum Gasteiger partial charge on any atom is 0.257 e. The molecule has 0 bridgehead atoms. The number of rotatable bonds is 3. The molecule has 1 N–H and O–H groups in total. The number of aromatic nitrogens is 1. The molecule has 3 aromatic rings. The van der Waals surface area contributed by atoms with Gasteiger partial charge in [-0.05, 0) is 36.4 Å². The van der Waals surface area contributed by atoms with Crippen LogP contribution in [0.15, 0.2) is 42.6 Å². The van der Waals surface area contributed by atoms with Crippen molar-refractivity contribution in [1.82, 2.24) is 4.57 Å². The molecule has 1 heterocycles. The second-order valence-corrected chi connectivity index (χ2v) is 5.81. The summed E-state index contributed by atoms with van der Waals surface area (Å²) in [4.78, 5) is 24.5. The number of ether oxygens (including phenoxy) is 1. The van der Waals surface area contributed by atoms with Crippen molar-refractivity contribution in [2.75, 3.05) is 12.4 Å². The summed E-state index contributed by atoms with van der Waals surface area (Å²) < 4.78 is 19.8. The molecule has 0 radical (unpaired) electrons. The Morgan fingerprint density at radius 3 is 2.60 bits per heavy atom. The number of carbonyl (C=O) groups is 2. The number of amides is 1. The quantitative estimate of drug-likeness (QED) is 0.755. The molecule has 7 heteroatoms. The fraction of sp³-hybridized carbons (Fsp3) is 0.111. The van der Waals surface area contributed by atoms with Gasteiger partial charge in [0.05, 0.1) is 23.2 Å². The number of nitrogens with one attached hydrogen (secondary N) is 1. The van der Waals surface area contributed by atoms with Gasteiger partial charge >= 0.3 is 0 Å². The zero-order chi connectivity index (χ0) is 18.1. The number of anilines is 1. The molecule has 1 amide bonds. The van der Waals surface area contributed by atoms with Crippen LogP contribution in [-0.4, -0.2) is 23.5 Å². The van der Waals surface area contributed by atoms with Crippen molar-refractivity contribution in [3.63, 3.8) is 0 Å². The highest BCUT2D eigenvalue weighted by Gasteiger charge is 2.18. The molecule has 0 spiro atoms.